The van der Waals surface area contributed by atoms with Crippen molar-refractivity contribution in [2.45, 2.75) is 127 Å². The molecule has 1 heterocycles. The Balaban J connectivity index is 1.25. The number of anilines is 5. The average Bonchev–Trinajstić information content (AvgIpc) is 3.34. The molecule has 0 aromatic heterocycles. The lowest BCUT2D eigenvalue weighted by Gasteiger charge is -2.50. The van der Waals surface area contributed by atoms with Crippen LogP contribution in [0.1, 0.15) is 132 Å². The summed E-state index contributed by atoms with van der Waals surface area (Å²) >= 11 is 11.3. The summed E-state index contributed by atoms with van der Waals surface area (Å²) in [6.07, 6.45) is 18.3. The van der Waals surface area contributed by atoms with E-state index in [9.17, 15) is 0 Å². The molecule has 2 nitrogen and oxygen atoms in total. The van der Waals surface area contributed by atoms with Crippen molar-refractivity contribution in [1.82, 2.24) is 0 Å². The first-order chi connectivity index (χ1) is 23.4. The minimum absolute atomic E-state index is 0.0202. The summed E-state index contributed by atoms with van der Waals surface area (Å²) in [6.45, 7) is 5.00. The van der Waals surface area contributed by atoms with Crippen molar-refractivity contribution < 1.29 is 0 Å². The quantitative estimate of drug-likeness (QED) is 0.196. The third-order valence-corrected chi connectivity index (χ3v) is 14.2. The molecule has 0 saturated heterocycles. The number of benzene rings is 4. The van der Waals surface area contributed by atoms with E-state index in [1.807, 2.05) is 0 Å². The van der Waals surface area contributed by atoms with Crippen LogP contribution in [0.4, 0.5) is 28.4 Å². The van der Waals surface area contributed by atoms with E-state index in [2.05, 4.69) is 125 Å². The van der Waals surface area contributed by atoms with Gasteiger partial charge in [0.15, 0.2) is 0 Å². The van der Waals surface area contributed by atoms with Crippen molar-refractivity contribution in [3.8, 4) is 0 Å². The second-order valence-corrected chi connectivity index (χ2v) is 16.8. The lowest BCUT2D eigenvalue weighted by Crippen LogP contribution is -2.54. The molecular formula is C44H50BrClN2. The van der Waals surface area contributed by atoms with Crippen LogP contribution >= 0.6 is 27.5 Å². The molecule has 0 N–H and O–H groups in total. The summed E-state index contributed by atoms with van der Waals surface area (Å²) < 4.78 is 0.935. The van der Waals surface area contributed by atoms with Gasteiger partial charge in [0.2, 0.25) is 0 Å². The number of rotatable bonds is 6. The zero-order chi connectivity index (χ0) is 32.9. The summed E-state index contributed by atoms with van der Waals surface area (Å²) in [5.41, 5.74) is 10.4. The summed E-state index contributed by atoms with van der Waals surface area (Å²) in [6, 6.07) is 32.6. The van der Waals surface area contributed by atoms with Crippen molar-refractivity contribution in [2.24, 2.45) is 0 Å². The predicted octanol–water partition coefficient (Wildman–Crippen LogP) is 14.4. The fraction of sp³-hybridized carbons (Fsp3) is 0.455. The van der Waals surface area contributed by atoms with Gasteiger partial charge >= 0.3 is 0 Å². The lowest BCUT2D eigenvalue weighted by atomic mass is 9.61. The maximum Gasteiger partial charge on any atom is 0.0790 e. The highest BCUT2D eigenvalue weighted by Gasteiger charge is 2.57. The van der Waals surface area contributed by atoms with E-state index >= 15 is 0 Å². The number of nitrogens with zero attached hydrogens (tertiary/aromatic N) is 2. The molecule has 2 atom stereocenters. The average molecular weight is 722 g/mol. The zero-order valence-electron chi connectivity index (χ0n) is 28.8. The molecule has 0 bridgehead atoms. The molecule has 48 heavy (non-hydrogen) atoms. The van der Waals surface area contributed by atoms with Gasteiger partial charge in [-0.25, -0.2) is 0 Å². The van der Waals surface area contributed by atoms with Crippen molar-refractivity contribution in [3.05, 3.63) is 111 Å². The van der Waals surface area contributed by atoms with Crippen molar-refractivity contribution in [3.63, 3.8) is 0 Å². The second kappa shape index (κ2) is 13.2. The van der Waals surface area contributed by atoms with E-state index in [1.54, 1.807) is 0 Å². The third-order valence-electron chi connectivity index (χ3n) is 13.0. The van der Waals surface area contributed by atoms with Crippen molar-refractivity contribution in [1.29, 1.82) is 0 Å². The van der Waals surface area contributed by atoms with Crippen LogP contribution in [0.15, 0.2) is 89.4 Å². The van der Waals surface area contributed by atoms with Gasteiger partial charge in [0.05, 0.1) is 16.2 Å². The highest BCUT2D eigenvalue weighted by Crippen LogP contribution is 2.61. The van der Waals surface area contributed by atoms with Gasteiger partial charge in [-0.15, -0.1) is 0 Å². The Labute approximate surface area is 302 Å². The normalized spacial score (nSPS) is 24.7. The topological polar surface area (TPSA) is 6.48 Å². The number of halogens is 2. The Morgan fingerprint density at radius 2 is 1.21 bits per heavy atom. The van der Waals surface area contributed by atoms with Crippen molar-refractivity contribution >= 4 is 56.0 Å². The van der Waals surface area contributed by atoms with E-state index in [-0.39, 0.29) is 11.0 Å². The molecule has 8 rings (SSSR count). The Kier molecular flexibility index (Phi) is 8.91. The van der Waals surface area contributed by atoms with Gasteiger partial charge in [0.25, 0.3) is 0 Å². The van der Waals surface area contributed by atoms with E-state index in [0.717, 1.165) is 26.6 Å². The molecule has 2 unspecified atom stereocenters. The van der Waals surface area contributed by atoms with Crippen LogP contribution < -0.4 is 9.80 Å². The molecule has 3 saturated carbocycles. The van der Waals surface area contributed by atoms with Gasteiger partial charge in [0, 0.05) is 32.6 Å². The molecule has 4 aromatic rings. The van der Waals surface area contributed by atoms with Crippen LogP contribution in [0.25, 0.3) is 0 Å². The molecule has 1 aliphatic heterocycles. The number of hydrogen-bond donors (Lipinski definition) is 0. The molecule has 4 aromatic carbocycles. The first kappa shape index (κ1) is 32.5. The predicted molar refractivity (Wildman–Crippen MR) is 208 cm³/mol. The fourth-order valence-corrected chi connectivity index (χ4v) is 10.7. The van der Waals surface area contributed by atoms with Crippen LogP contribution in [0, 0.1) is 0 Å². The Morgan fingerprint density at radius 3 is 1.79 bits per heavy atom. The largest absolute Gasteiger partial charge is 0.334 e. The molecule has 4 aliphatic rings. The summed E-state index contributed by atoms with van der Waals surface area (Å²) in [4.78, 5) is 5.05. The first-order valence-corrected chi connectivity index (χ1v) is 19.9. The lowest BCUT2D eigenvalue weighted by molar-refractivity contribution is 0.195. The maximum absolute atomic E-state index is 7.37. The SMILES string of the molecule is CC12CCCCC1(C)N(c1cc(Br)c(Cl)c(N(c3ccc(C4CCCCC4)cc3)c3ccc(C4CCCCC4)cc3)c1)c1ccccc12. The summed E-state index contributed by atoms with van der Waals surface area (Å²) in [5, 5.41) is 0.746. The highest BCUT2D eigenvalue weighted by molar-refractivity contribution is 9.10. The molecule has 0 spiro atoms. The van der Waals surface area contributed by atoms with Crippen molar-refractivity contribution in [2.75, 3.05) is 9.80 Å². The van der Waals surface area contributed by atoms with E-state index in [4.69, 9.17) is 11.6 Å². The van der Waals surface area contributed by atoms with Gasteiger partial charge in [-0.2, -0.15) is 0 Å². The summed E-state index contributed by atoms with van der Waals surface area (Å²) in [5.74, 6) is 1.36. The minimum Gasteiger partial charge on any atom is -0.334 e. The van der Waals surface area contributed by atoms with Crippen LogP contribution in [0.3, 0.4) is 0 Å². The van der Waals surface area contributed by atoms with Gasteiger partial charge in [-0.05, 0) is 132 Å². The highest BCUT2D eigenvalue weighted by atomic mass is 79.9. The third kappa shape index (κ3) is 5.52. The Morgan fingerprint density at radius 1 is 0.667 bits per heavy atom. The van der Waals surface area contributed by atoms with Gasteiger partial charge in [-0.1, -0.05) is 112 Å². The van der Waals surface area contributed by atoms with Gasteiger partial charge in [0.1, 0.15) is 0 Å². The molecule has 250 valence electrons. The molecule has 4 heteroatoms. The van der Waals surface area contributed by atoms with Gasteiger partial charge < -0.3 is 9.80 Å². The van der Waals surface area contributed by atoms with Crippen LogP contribution in [-0.4, -0.2) is 5.54 Å². The molecule has 3 aliphatic carbocycles. The molecule has 0 amide bonds. The van der Waals surface area contributed by atoms with E-state index in [1.165, 1.54) is 118 Å². The first-order valence-electron chi connectivity index (χ1n) is 18.8. The van der Waals surface area contributed by atoms with E-state index in [0.29, 0.717) is 11.8 Å². The number of fused-ring (bicyclic) bond motifs is 3. The van der Waals surface area contributed by atoms with Crippen LogP contribution in [-0.2, 0) is 5.41 Å². The standard InChI is InChI=1S/C44H50BrClN2/c1-43-27-11-12-28-44(43,2)48(40-18-10-9-17-38(40)43)37-29-39(45)42(46)41(30-37)47(35-23-19-33(20-24-35)31-13-5-3-6-14-31)36-25-21-34(22-26-36)32-15-7-4-8-16-32/h9-10,17-26,29-32H,3-8,11-16,27-28H2,1-2H3. The van der Waals surface area contributed by atoms with Gasteiger partial charge in [-0.3, -0.25) is 0 Å². The molecule has 0 radical (unpaired) electrons. The Hall–Kier alpha value is -2.75. The smallest absolute Gasteiger partial charge is 0.0790 e. The zero-order valence-corrected chi connectivity index (χ0v) is 31.1. The monoisotopic (exact) mass is 720 g/mol. The Bertz CT molecular complexity index is 1690. The molecule has 3 fully saturated rings. The molecular weight excluding hydrogens is 672 g/mol. The minimum atomic E-state index is -0.0202. The number of para-hydroxylation sites is 1. The van der Waals surface area contributed by atoms with E-state index < -0.39 is 0 Å². The summed E-state index contributed by atoms with van der Waals surface area (Å²) in [7, 11) is 0. The number of hydrogen-bond acceptors (Lipinski definition) is 2. The second-order valence-electron chi connectivity index (χ2n) is 15.6. The fourth-order valence-electron chi connectivity index (χ4n) is 10.0. The van der Waals surface area contributed by atoms with Crippen LogP contribution in [0.5, 0.6) is 0 Å². The maximum atomic E-state index is 7.37. The van der Waals surface area contributed by atoms with Crippen LogP contribution in [0.2, 0.25) is 5.02 Å².